The zero-order valence-electron chi connectivity index (χ0n) is 13.5. The minimum Gasteiger partial charge on any atom is -0.393 e. The van der Waals surface area contributed by atoms with Crippen LogP contribution in [0, 0.1) is 6.92 Å². The van der Waals surface area contributed by atoms with Gasteiger partial charge in [-0.3, -0.25) is 14.9 Å². The highest BCUT2D eigenvalue weighted by atomic mass is 16.5. The molecule has 0 spiro atoms. The van der Waals surface area contributed by atoms with Gasteiger partial charge in [0.1, 0.15) is 5.60 Å². The van der Waals surface area contributed by atoms with Crippen LogP contribution in [0.5, 0.6) is 0 Å². The molecule has 1 aliphatic rings. The second-order valence-corrected chi connectivity index (χ2v) is 6.26. The number of hydrogen-bond acceptors (Lipinski definition) is 5. The second-order valence-electron chi connectivity index (χ2n) is 6.26. The van der Waals surface area contributed by atoms with Crippen LogP contribution in [0.15, 0.2) is 42.9 Å². The standard InChI is InChI=1S/C18H23N3O2/c1-15-2-4-16(5-3-15)10-18(14-22)13-21(8-9-23-18)12-17-11-19-6-7-20-17/h2-7,11,22H,8-10,12-14H2,1H3. The van der Waals surface area contributed by atoms with E-state index >= 15 is 0 Å². The fourth-order valence-corrected chi connectivity index (χ4v) is 3.04. The normalized spacial score (nSPS) is 22.2. The predicted octanol–water partition coefficient (Wildman–Crippen LogP) is 1.59. The number of hydrogen-bond donors (Lipinski definition) is 1. The number of ether oxygens (including phenoxy) is 1. The zero-order chi connectivity index (χ0) is 16.1. The molecule has 1 aromatic carbocycles. The lowest BCUT2D eigenvalue weighted by molar-refractivity contribution is -0.134. The SMILES string of the molecule is Cc1ccc(CC2(CO)CN(Cc3cnccn3)CCO2)cc1. The van der Waals surface area contributed by atoms with Gasteiger partial charge in [-0.2, -0.15) is 0 Å². The van der Waals surface area contributed by atoms with E-state index in [9.17, 15) is 5.11 Å². The van der Waals surface area contributed by atoms with Crippen molar-refractivity contribution < 1.29 is 9.84 Å². The summed E-state index contributed by atoms with van der Waals surface area (Å²) in [6.45, 7) is 4.96. The molecular formula is C18H23N3O2. The summed E-state index contributed by atoms with van der Waals surface area (Å²) in [6.07, 6.45) is 5.89. The van der Waals surface area contributed by atoms with E-state index in [2.05, 4.69) is 46.1 Å². The van der Waals surface area contributed by atoms with Gasteiger partial charge < -0.3 is 9.84 Å². The molecule has 1 aliphatic heterocycles. The minimum absolute atomic E-state index is 0.0118. The van der Waals surface area contributed by atoms with Gasteiger partial charge in [0.25, 0.3) is 0 Å². The topological polar surface area (TPSA) is 58.5 Å². The van der Waals surface area contributed by atoms with Gasteiger partial charge in [0.15, 0.2) is 0 Å². The Labute approximate surface area is 137 Å². The van der Waals surface area contributed by atoms with E-state index in [1.807, 2.05) is 0 Å². The van der Waals surface area contributed by atoms with E-state index in [0.29, 0.717) is 19.6 Å². The molecule has 1 N–H and O–H groups in total. The summed E-state index contributed by atoms with van der Waals surface area (Å²) in [5.74, 6) is 0. The van der Waals surface area contributed by atoms with Crippen molar-refractivity contribution in [3.63, 3.8) is 0 Å². The third-order valence-electron chi connectivity index (χ3n) is 4.26. The first-order valence-corrected chi connectivity index (χ1v) is 7.97. The van der Waals surface area contributed by atoms with Crippen LogP contribution < -0.4 is 0 Å². The lowest BCUT2D eigenvalue weighted by atomic mass is 9.92. The van der Waals surface area contributed by atoms with Crippen molar-refractivity contribution in [2.75, 3.05) is 26.3 Å². The van der Waals surface area contributed by atoms with Gasteiger partial charge in [0.2, 0.25) is 0 Å². The van der Waals surface area contributed by atoms with Crippen molar-refractivity contribution in [3.05, 3.63) is 59.7 Å². The van der Waals surface area contributed by atoms with Gasteiger partial charge in [-0.15, -0.1) is 0 Å². The van der Waals surface area contributed by atoms with Gasteiger partial charge in [-0.05, 0) is 12.5 Å². The summed E-state index contributed by atoms with van der Waals surface area (Å²) >= 11 is 0. The average Bonchev–Trinajstić information content (AvgIpc) is 2.58. The van der Waals surface area contributed by atoms with Gasteiger partial charge in [-0.25, -0.2) is 0 Å². The molecule has 2 heterocycles. The zero-order valence-corrected chi connectivity index (χ0v) is 13.5. The Hall–Kier alpha value is -1.82. The van der Waals surface area contributed by atoms with Crippen molar-refractivity contribution in [2.45, 2.75) is 25.5 Å². The Balaban J connectivity index is 1.69. The fourth-order valence-electron chi connectivity index (χ4n) is 3.04. The highest BCUT2D eigenvalue weighted by molar-refractivity contribution is 5.23. The maximum Gasteiger partial charge on any atom is 0.108 e. The molecule has 1 fully saturated rings. The van der Waals surface area contributed by atoms with E-state index < -0.39 is 5.60 Å². The number of nitrogens with zero attached hydrogens (tertiary/aromatic N) is 3. The number of morpholine rings is 1. The molecule has 1 atom stereocenters. The summed E-state index contributed by atoms with van der Waals surface area (Å²) in [6, 6.07) is 8.41. The Morgan fingerprint density at radius 2 is 2.09 bits per heavy atom. The summed E-state index contributed by atoms with van der Waals surface area (Å²) in [5.41, 5.74) is 2.82. The third kappa shape index (κ3) is 4.13. The van der Waals surface area contributed by atoms with E-state index in [1.54, 1.807) is 18.6 Å². The van der Waals surface area contributed by atoms with Crippen molar-refractivity contribution >= 4 is 0 Å². The molecule has 0 aliphatic carbocycles. The summed E-state index contributed by atoms with van der Waals surface area (Å²) in [7, 11) is 0. The maximum absolute atomic E-state index is 9.96. The predicted molar refractivity (Wildman–Crippen MR) is 88.0 cm³/mol. The monoisotopic (exact) mass is 313 g/mol. The number of benzene rings is 1. The van der Waals surface area contributed by atoms with Crippen molar-refractivity contribution in [1.29, 1.82) is 0 Å². The van der Waals surface area contributed by atoms with Crippen LogP contribution in [0.2, 0.25) is 0 Å². The van der Waals surface area contributed by atoms with E-state index in [0.717, 1.165) is 18.8 Å². The molecule has 0 radical (unpaired) electrons. The van der Waals surface area contributed by atoms with E-state index in [1.165, 1.54) is 11.1 Å². The smallest absolute Gasteiger partial charge is 0.108 e. The average molecular weight is 313 g/mol. The van der Waals surface area contributed by atoms with Crippen molar-refractivity contribution in [3.8, 4) is 0 Å². The Bertz CT molecular complexity index is 618. The first-order valence-electron chi connectivity index (χ1n) is 7.97. The Kier molecular flexibility index (Phi) is 5.00. The molecule has 1 saturated heterocycles. The maximum atomic E-state index is 9.96. The van der Waals surface area contributed by atoms with Crippen LogP contribution in [-0.2, 0) is 17.7 Å². The van der Waals surface area contributed by atoms with Gasteiger partial charge >= 0.3 is 0 Å². The first kappa shape index (κ1) is 16.1. The van der Waals surface area contributed by atoms with Crippen LogP contribution in [0.1, 0.15) is 16.8 Å². The molecule has 5 nitrogen and oxygen atoms in total. The number of aromatic nitrogens is 2. The molecule has 1 aromatic heterocycles. The van der Waals surface area contributed by atoms with Crippen LogP contribution in [-0.4, -0.2) is 51.9 Å². The fraction of sp³-hybridized carbons (Fsp3) is 0.444. The van der Waals surface area contributed by atoms with E-state index in [4.69, 9.17) is 4.74 Å². The van der Waals surface area contributed by atoms with Gasteiger partial charge in [0, 0.05) is 44.6 Å². The van der Waals surface area contributed by atoms with Gasteiger partial charge in [-0.1, -0.05) is 29.8 Å². The lowest BCUT2D eigenvalue weighted by Gasteiger charge is -2.41. The molecule has 122 valence electrons. The van der Waals surface area contributed by atoms with Crippen LogP contribution in [0.3, 0.4) is 0 Å². The molecule has 0 amide bonds. The number of aliphatic hydroxyl groups is 1. The lowest BCUT2D eigenvalue weighted by Crippen LogP contribution is -2.55. The van der Waals surface area contributed by atoms with Crippen molar-refractivity contribution in [1.82, 2.24) is 14.9 Å². The molecule has 2 aromatic rings. The molecule has 23 heavy (non-hydrogen) atoms. The van der Waals surface area contributed by atoms with Crippen LogP contribution >= 0.6 is 0 Å². The summed E-state index contributed by atoms with van der Waals surface area (Å²) in [5, 5.41) is 9.96. The Morgan fingerprint density at radius 1 is 1.26 bits per heavy atom. The number of rotatable bonds is 5. The highest BCUT2D eigenvalue weighted by Crippen LogP contribution is 2.24. The minimum atomic E-state index is -0.546. The van der Waals surface area contributed by atoms with Crippen LogP contribution in [0.25, 0.3) is 0 Å². The highest BCUT2D eigenvalue weighted by Gasteiger charge is 2.36. The second kappa shape index (κ2) is 7.17. The molecule has 3 rings (SSSR count). The van der Waals surface area contributed by atoms with Crippen LogP contribution in [0.4, 0.5) is 0 Å². The summed E-state index contributed by atoms with van der Waals surface area (Å²) in [4.78, 5) is 10.7. The number of aliphatic hydroxyl groups excluding tert-OH is 1. The van der Waals surface area contributed by atoms with E-state index in [-0.39, 0.29) is 6.61 Å². The molecular weight excluding hydrogens is 290 g/mol. The van der Waals surface area contributed by atoms with Crippen molar-refractivity contribution in [2.24, 2.45) is 0 Å². The molecule has 0 saturated carbocycles. The number of aryl methyl sites for hydroxylation is 1. The largest absolute Gasteiger partial charge is 0.393 e. The Morgan fingerprint density at radius 3 is 2.78 bits per heavy atom. The molecule has 1 unspecified atom stereocenters. The van der Waals surface area contributed by atoms with Gasteiger partial charge in [0.05, 0.1) is 18.9 Å². The third-order valence-corrected chi connectivity index (χ3v) is 4.26. The quantitative estimate of drug-likeness (QED) is 0.908. The summed E-state index contributed by atoms with van der Waals surface area (Å²) < 4.78 is 5.99. The molecule has 0 bridgehead atoms. The first-order chi connectivity index (χ1) is 11.2. The molecule has 5 heteroatoms.